The van der Waals surface area contributed by atoms with Crippen molar-refractivity contribution in [3.05, 3.63) is 58.0 Å². The van der Waals surface area contributed by atoms with Gasteiger partial charge in [0.1, 0.15) is 0 Å². The average Bonchev–Trinajstić information content (AvgIpc) is 2.48. The Balaban J connectivity index is 2.10. The van der Waals surface area contributed by atoms with Crippen LogP contribution in [0.25, 0.3) is 0 Å². The number of anilines is 1. The smallest absolute Gasteiger partial charge is 0.269 e. The molecule has 0 saturated heterocycles. The second-order valence-corrected chi connectivity index (χ2v) is 5.35. The minimum absolute atomic E-state index is 0.120. The molecule has 5 nitrogen and oxygen atoms in total. The lowest BCUT2D eigenvalue weighted by atomic mass is 10.0. The molecule has 0 radical (unpaired) electrons. The van der Waals surface area contributed by atoms with E-state index >= 15 is 0 Å². The monoisotopic (exact) mass is 286 g/mol. The van der Waals surface area contributed by atoms with E-state index in [4.69, 9.17) is 5.73 Å². The van der Waals surface area contributed by atoms with Crippen molar-refractivity contribution in [2.45, 2.75) is 26.3 Å². The van der Waals surface area contributed by atoms with E-state index in [1.54, 1.807) is 12.3 Å². The molecule has 0 bridgehead atoms. The quantitative estimate of drug-likeness (QED) is 0.849. The molecule has 1 aromatic carbocycles. The number of nitrogens with zero attached hydrogens (tertiary/aromatic N) is 2. The van der Waals surface area contributed by atoms with Crippen LogP contribution in [0.4, 0.5) is 5.69 Å². The minimum Gasteiger partial charge on any atom is -0.382 e. The molecule has 1 aromatic heterocycles. The fraction of sp³-hybridized carbons (Fsp3) is 0.375. The zero-order valence-electron chi connectivity index (χ0n) is 12.5. The van der Waals surface area contributed by atoms with Crippen LogP contribution in [0.15, 0.2) is 41.3 Å². The van der Waals surface area contributed by atoms with Gasteiger partial charge in [0.25, 0.3) is 5.56 Å². The zero-order valence-corrected chi connectivity index (χ0v) is 12.5. The maximum Gasteiger partial charge on any atom is 0.269 e. The van der Waals surface area contributed by atoms with Crippen LogP contribution >= 0.6 is 0 Å². The molecule has 2 aromatic rings. The maximum atomic E-state index is 12.0. The van der Waals surface area contributed by atoms with E-state index in [1.165, 1.54) is 10.2 Å². The van der Waals surface area contributed by atoms with Gasteiger partial charge in [-0.05, 0) is 17.0 Å². The van der Waals surface area contributed by atoms with Crippen LogP contribution in [0.3, 0.4) is 0 Å². The van der Waals surface area contributed by atoms with Crippen molar-refractivity contribution in [3.63, 3.8) is 0 Å². The van der Waals surface area contributed by atoms with Crippen molar-refractivity contribution < 1.29 is 0 Å². The molecule has 21 heavy (non-hydrogen) atoms. The third kappa shape index (κ3) is 4.16. The molecule has 0 amide bonds. The van der Waals surface area contributed by atoms with Gasteiger partial charge in [-0.25, -0.2) is 4.68 Å². The highest BCUT2D eigenvalue weighted by molar-refractivity contribution is 5.38. The summed E-state index contributed by atoms with van der Waals surface area (Å²) >= 11 is 0. The van der Waals surface area contributed by atoms with Crippen molar-refractivity contribution in [3.8, 4) is 0 Å². The summed E-state index contributed by atoms with van der Waals surface area (Å²) in [5.74, 6) is 0.507. The number of aromatic nitrogens is 2. The molecule has 0 spiro atoms. The molecule has 0 aliphatic rings. The normalized spacial score (nSPS) is 10.9. The molecule has 0 atom stereocenters. The number of benzene rings is 1. The lowest BCUT2D eigenvalue weighted by Crippen LogP contribution is -2.24. The Labute approximate surface area is 124 Å². The molecule has 5 heteroatoms. The van der Waals surface area contributed by atoms with Gasteiger partial charge in [-0.15, -0.1) is 0 Å². The summed E-state index contributed by atoms with van der Waals surface area (Å²) in [5.41, 5.74) is 8.36. The van der Waals surface area contributed by atoms with E-state index in [-0.39, 0.29) is 5.56 Å². The average molecular weight is 286 g/mol. The van der Waals surface area contributed by atoms with E-state index in [1.807, 2.05) is 12.1 Å². The van der Waals surface area contributed by atoms with Gasteiger partial charge in [0.15, 0.2) is 0 Å². The highest BCUT2D eigenvalue weighted by Crippen LogP contribution is 2.14. The molecule has 1 heterocycles. The topological polar surface area (TPSA) is 72.9 Å². The van der Waals surface area contributed by atoms with E-state index in [0.717, 1.165) is 5.56 Å². The fourth-order valence-electron chi connectivity index (χ4n) is 2.05. The second-order valence-electron chi connectivity index (χ2n) is 5.35. The summed E-state index contributed by atoms with van der Waals surface area (Å²) in [4.78, 5) is 12.0. The number of hydrogen-bond acceptors (Lipinski definition) is 4. The summed E-state index contributed by atoms with van der Waals surface area (Å²) in [6.45, 7) is 5.95. The summed E-state index contributed by atoms with van der Waals surface area (Å²) in [6, 6.07) is 9.84. The van der Waals surface area contributed by atoms with E-state index in [2.05, 4.69) is 36.4 Å². The van der Waals surface area contributed by atoms with Crippen LogP contribution in [-0.4, -0.2) is 22.9 Å². The molecule has 0 aliphatic carbocycles. The van der Waals surface area contributed by atoms with Gasteiger partial charge >= 0.3 is 0 Å². The van der Waals surface area contributed by atoms with Gasteiger partial charge in [-0.1, -0.05) is 38.1 Å². The summed E-state index contributed by atoms with van der Waals surface area (Å²) < 4.78 is 1.46. The van der Waals surface area contributed by atoms with Crippen molar-refractivity contribution >= 4 is 5.69 Å². The molecule has 2 rings (SSSR count). The number of nitrogens with two attached hydrogens (primary N) is 1. The van der Waals surface area contributed by atoms with Crippen molar-refractivity contribution in [1.29, 1.82) is 0 Å². The Morgan fingerprint density at radius 2 is 2.00 bits per heavy atom. The maximum absolute atomic E-state index is 12.0. The summed E-state index contributed by atoms with van der Waals surface area (Å²) in [7, 11) is 0. The van der Waals surface area contributed by atoms with Gasteiger partial charge in [0, 0.05) is 19.2 Å². The molecule has 0 aliphatic heterocycles. The van der Waals surface area contributed by atoms with Crippen molar-refractivity contribution in [2.75, 3.05) is 18.4 Å². The Kier molecular flexibility index (Phi) is 5.11. The Hall–Kier alpha value is -2.14. The first-order valence-electron chi connectivity index (χ1n) is 7.20. The van der Waals surface area contributed by atoms with Crippen LogP contribution in [0.5, 0.6) is 0 Å². The first kappa shape index (κ1) is 15.3. The van der Waals surface area contributed by atoms with E-state index < -0.39 is 0 Å². The van der Waals surface area contributed by atoms with Gasteiger partial charge in [0.2, 0.25) is 0 Å². The molecular formula is C16H22N4O. The van der Waals surface area contributed by atoms with Gasteiger partial charge < -0.3 is 11.1 Å². The molecule has 0 unspecified atom stereocenters. The first-order valence-corrected chi connectivity index (χ1v) is 7.20. The highest BCUT2D eigenvalue weighted by Gasteiger charge is 2.03. The second kappa shape index (κ2) is 7.04. The van der Waals surface area contributed by atoms with Gasteiger partial charge in [-0.2, -0.15) is 5.10 Å². The molecule has 3 N–H and O–H groups in total. The Morgan fingerprint density at radius 1 is 1.29 bits per heavy atom. The third-order valence-electron chi connectivity index (χ3n) is 3.32. The van der Waals surface area contributed by atoms with Crippen LogP contribution in [-0.2, 0) is 6.54 Å². The highest BCUT2D eigenvalue weighted by atomic mass is 16.1. The largest absolute Gasteiger partial charge is 0.382 e. The van der Waals surface area contributed by atoms with Crippen LogP contribution in [0.2, 0.25) is 0 Å². The van der Waals surface area contributed by atoms with E-state index in [0.29, 0.717) is 31.2 Å². The zero-order chi connectivity index (χ0) is 15.2. The van der Waals surface area contributed by atoms with Crippen LogP contribution in [0, 0.1) is 0 Å². The molecular weight excluding hydrogens is 264 g/mol. The number of nitrogens with one attached hydrogen (secondary N) is 1. The predicted molar refractivity (Wildman–Crippen MR) is 85.7 cm³/mol. The molecule has 0 saturated carbocycles. The van der Waals surface area contributed by atoms with Gasteiger partial charge in [0.05, 0.1) is 18.4 Å². The van der Waals surface area contributed by atoms with Crippen LogP contribution < -0.4 is 16.6 Å². The third-order valence-corrected chi connectivity index (χ3v) is 3.32. The SMILES string of the molecule is CC(C)c1ccc(Cn2ncc(NCCN)cc2=O)cc1. The lowest BCUT2D eigenvalue weighted by molar-refractivity contribution is 0.639. The molecule has 0 fully saturated rings. The Bertz CT molecular complexity index is 631. The number of rotatable bonds is 6. The predicted octanol–water partition coefficient (Wildman–Crippen LogP) is 1.79. The lowest BCUT2D eigenvalue weighted by Gasteiger charge is -2.09. The fourth-order valence-corrected chi connectivity index (χ4v) is 2.05. The minimum atomic E-state index is -0.120. The van der Waals surface area contributed by atoms with Crippen LogP contribution in [0.1, 0.15) is 30.9 Å². The van der Waals surface area contributed by atoms with Crippen molar-refractivity contribution in [1.82, 2.24) is 9.78 Å². The first-order chi connectivity index (χ1) is 10.1. The van der Waals surface area contributed by atoms with Crippen molar-refractivity contribution in [2.24, 2.45) is 5.73 Å². The number of hydrogen-bond donors (Lipinski definition) is 2. The summed E-state index contributed by atoms with van der Waals surface area (Å²) in [5, 5.41) is 7.23. The summed E-state index contributed by atoms with van der Waals surface area (Å²) in [6.07, 6.45) is 1.65. The van der Waals surface area contributed by atoms with E-state index in [9.17, 15) is 4.79 Å². The molecule has 112 valence electrons. The Morgan fingerprint density at radius 3 is 2.57 bits per heavy atom. The standard InChI is InChI=1S/C16H22N4O/c1-12(2)14-5-3-13(4-6-14)11-20-16(21)9-15(10-19-20)18-8-7-17/h3-6,9-10,12,18H,7-8,11,17H2,1-2H3. The van der Waals surface area contributed by atoms with Gasteiger partial charge in [-0.3, -0.25) is 4.79 Å².